The average molecular weight is 371 g/mol. The predicted octanol–water partition coefficient (Wildman–Crippen LogP) is 1.44. The summed E-state index contributed by atoms with van der Waals surface area (Å²) in [5.74, 6) is 0.223. The zero-order valence-electron chi connectivity index (χ0n) is 13.8. The van der Waals surface area contributed by atoms with Crippen molar-refractivity contribution in [3.05, 3.63) is 36.9 Å². The molecule has 9 heteroatoms. The second-order valence-electron chi connectivity index (χ2n) is 5.95. The molecule has 2 rings (SSSR count). The maximum Gasteiger partial charge on any atom is 0.177 e. The Labute approximate surface area is 142 Å². The molecule has 24 heavy (non-hydrogen) atoms. The Morgan fingerprint density at radius 3 is 2.42 bits per heavy atom. The van der Waals surface area contributed by atoms with Crippen LogP contribution in [-0.4, -0.2) is 45.4 Å². The molecule has 0 aliphatic rings. The largest absolute Gasteiger partial charge is 0.384 e. The number of imidazole rings is 1. The van der Waals surface area contributed by atoms with E-state index in [0.29, 0.717) is 12.2 Å². The molecule has 0 aliphatic carbocycles. The van der Waals surface area contributed by atoms with Crippen LogP contribution in [0.15, 0.2) is 46.7 Å². The van der Waals surface area contributed by atoms with E-state index in [-0.39, 0.29) is 15.7 Å². The molecule has 1 aromatic carbocycles. The van der Waals surface area contributed by atoms with Gasteiger partial charge in [-0.05, 0) is 24.1 Å². The SMILES string of the molecule is C[C@H](CNc1ccc(S(C)(=O)=O)cc1S(C)(=O)=O)Cn1ccnc1. The molecule has 1 heterocycles. The van der Waals surface area contributed by atoms with Gasteiger partial charge in [-0.3, -0.25) is 0 Å². The van der Waals surface area contributed by atoms with Crippen molar-refractivity contribution in [3.8, 4) is 0 Å². The summed E-state index contributed by atoms with van der Waals surface area (Å²) in [6.07, 6.45) is 7.40. The van der Waals surface area contributed by atoms with Crippen LogP contribution >= 0.6 is 0 Å². The summed E-state index contributed by atoms with van der Waals surface area (Å²) in [7, 11) is -7.03. The molecule has 0 saturated carbocycles. The normalized spacial score (nSPS) is 13.6. The lowest BCUT2D eigenvalue weighted by Gasteiger charge is -2.16. The fourth-order valence-corrected chi connectivity index (χ4v) is 3.89. The van der Waals surface area contributed by atoms with Crippen LogP contribution in [0.1, 0.15) is 6.92 Å². The van der Waals surface area contributed by atoms with Crippen molar-refractivity contribution in [1.29, 1.82) is 0 Å². The molecule has 0 bridgehead atoms. The summed E-state index contributed by atoms with van der Waals surface area (Å²) in [5.41, 5.74) is 0.405. The molecule has 0 amide bonds. The van der Waals surface area contributed by atoms with Crippen molar-refractivity contribution >= 4 is 25.4 Å². The fraction of sp³-hybridized carbons (Fsp3) is 0.400. The zero-order chi connectivity index (χ0) is 18.0. The molecule has 0 radical (unpaired) electrons. The van der Waals surface area contributed by atoms with Crippen molar-refractivity contribution in [3.63, 3.8) is 0 Å². The van der Waals surface area contributed by atoms with Gasteiger partial charge in [0.1, 0.15) is 0 Å². The van der Waals surface area contributed by atoms with Gasteiger partial charge in [0.15, 0.2) is 19.7 Å². The number of hydrogen-bond donors (Lipinski definition) is 1. The molecule has 0 spiro atoms. The van der Waals surface area contributed by atoms with E-state index < -0.39 is 19.7 Å². The molecule has 0 aliphatic heterocycles. The first-order valence-electron chi connectivity index (χ1n) is 7.31. The number of aromatic nitrogens is 2. The monoisotopic (exact) mass is 371 g/mol. The first-order valence-corrected chi connectivity index (χ1v) is 11.1. The minimum absolute atomic E-state index is 0.0137. The van der Waals surface area contributed by atoms with E-state index in [0.717, 1.165) is 19.1 Å². The maximum atomic E-state index is 12.0. The van der Waals surface area contributed by atoms with E-state index in [9.17, 15) is 16.8 Å². The van der Waals surface area contributed by atoms with Gasteiger partial charge in [0, 0.05) is 38.0 Å². The Morgan fingerprint density at radius 2 is 1.88 bits per heavy atom. The number of hydrogen-bond acceptors (Lipinski definition) is 6. The molecule has 2 aromatic rings. The highest BCUT2D eigenvalue weighted by Crippen LogP contribution is 2.25. The van der Waals surface area contributed by atoms with E-state index in [1.54, 1.807) is 12.5 Å². The molecule has 7 nitrogen and oxygen atoms in total. The molecule has 1 N–H and O–H groups in total. The minimum atomic E-state index is -3.56. The third-order valence-electron chi connectivity index (χ3n) is 3.50. The Morgan fingerprint density at radius 1 is 1.17 bits per heavy atom. The molecular formula is C15H21N3O4S2. The van der Waals surface area contributed by atoms with Gasteiger partial charge in [-0.2, -0.15) is 0 Å². The topological polar surface area (TPSA) is 98.1 Å². The van der Waals surface area contributed by atoms with Crippen LogP contribution in [0.5, 0.6) is 0 Å². The van der Waals surface area contributed by atoms with Gasteiger partial charge in [-0.1, -0.05) is 6.92 Å². The van der Waals surface area contributed by atoms with Gasteiger partial charge in [0.2, 0.25) is 0 Å². The van der Waals surface area contributed by atoms with E-state index in [1.807, 2.05) is 17.7 Å². The summed E-state index contributed by atoms with van der Waals surface area (Å²) in [6.45, 7) is 3.31. The number of nitrogens with one attached hydrogen (secondary N) is 1. The fourth-order valence-electron chi connectivity index (χ4n) is 2.29. The van der Waals surface area contributed by atoms with E-state index in [1.165, 1.54) is 18.2 Å². The molecule has 0 unspecified atom stereocenters. The number of benzene rings is 1. The van der Waals surface area contributed by atoms with Gasteiger partial charge in [-0.15, -0.1) is 0 Å². The first kappa shape index (κ1) is 18.5. The standard InChI is InChI=1S/C15H21N3O4S2/c1-12(10-18-7-6-16-11-18)9-17-14-5-4-13(23(2,19)20)8-15(14)24(3,21)22/h4-8,11-12,17H,9-10H2,1-3H3/t12-/m1/s1. The highest BCUT2D eigenvalue weighted by atomic mass is 32.2. The lowest BCUT2D eigenvalue weighted by Crippen LogP contribution is -2.18. The third kappa shape index (κ3) is 4.81. The van der Waals surface area contributed by atoms with Crippen LogP contribution in [-0.2, 0) is 26.2 Å². The molecule has 0 saturated heterocycles. The van der Waals surface area contributed by atoms with E-state index in [2.05, 4.69) is 10.3 Å². The lowest BCUT2D eigenvalue weighted by molar-refractivity contribution is 0.502. The average Bonchev–Trinajstić information content (AvgIpc) is 2.95. The van der Waals surface area contributed by atoms with Crippen molar-refractivity contribution in [2.24, 2.45) is 5.92 Å². The predicted molar refractivity (Wildman–Crippen MR) is 92.5 cm³/mol. The van der Waals surface area contributed by atoms with Crippen molar-refractivity contribution < 1.29 is 16.8 Å². The summed E-state index contributed by atoms with van der Waals surface area (Å²) in [6, 6.07) is 4.11. The summed E-state index contributed by atoms with van der Waals surface area (Å²) >= 11 is 0. The summed E-state index contributed by atoms with van der Waals surface area (Å²) in [5, 5.41) is 3.10. The smallest absolute Gasteiger partial charge is 0.177 e. The zero-order valence-corrected chi connectivity index (χ0v) is 15.4. The Kier molecular flexibility index (Phi) is 5.34. The van der Waals surface area contributed by atoms with Gasteiger partial charge in [0.25, 0.3) is 0 Å². The molecule has 0 fully saturated rings. The van der Waals surface area contributed by atoms with E-state index >= 15 is 0 Å². The quantitative estimate of drug-likeness (QED) is 0.791. The Bertz CT molecular complexity index is 904. The molecule has 132 valence electrons. The van der Waals surface area contributed by atoms with Crippen LogP contribution in [0.3, 0.4) is 0 Å². The Hall–Kier alpha value is -1.87. The van der Waals surface area contributed by atoms with Gasteiger partial charge in [-0.25, -0.2) is 21.8 Å². The van der Waals surface area contributed by atoms with Gasteiger partial charge < -0.3 is 9.88 Å². The first-order chi connectivity index (χ1) is 11.1. The number of anilines is 1. The Balaban J connectivity index is 2.20. The highest BCUT2D eigenvalue weighted by Gasteiger charge is 2.18. The molecule has 1 atom stereocenters. The maximum absolute atomic E-state index is 12.0. The second-order valence-corrected chi connectivity index (χ2v) is 9.95. The number of nitrogens with zero attached hydrogens (tertiary/aromatic N) is 2. The summed E-state index contributed by atoms with van der Waals surface area (Å²) < 4.78 is 49.2. The van der Waals surface area contributed by atoms with Gasteiger partial charge in [0.05, 0.1) is 21.8 Å². The van der Waals surface area contributed by atoms with Crippen LogP contribution in [0.25, 0.3) is 0 Å². The van der Waals surface area contributed by atoms with Crippen LogP contribution in [0.2, 0.25) is 0 Å². The minimum Gasteiger partial charge on any atom is -0.384 e. The van der Waals surface area contributed by atoms with Crippen LogP contribution in [0.4, 0.5) is 5.69 Å². The van der Waals surface area contributed by atoms with Crippen LogP contribution < -0.4 is 5.32 Å². The highest BCUT2D eigenvalue weighted by molar-refractivity contribution is 7.91. The molecular weight excluding hydrogens is 350 g/mol. The number of rotatable bonds is 7. The summed E-state index contributed by atoms with van der Waals surface area (Å²) in [4.78, 5) is 3.95. The van der Waals surface area contributed by atoms with Crippen molar-refractivity contribution in [2.75, 3.05) is 24.4 Å². The van der Waals surface area contributed by atoms with Gasteiger partial charge >= 0.3 is 0 Å². The second kappa shape index (κ2) is 6.94. The van der Waals surface area contributed by atoms with Crippen LogP contribution in [0, 0.1) is 5.92 Å². The number of sulfone groups is 2. The lowest BCUT2D eigenvalue weighted by atomic mass is 10.1. The van der Waals surface area contributed by atoms with Crippen molar-refractivity contribution in [2.45, 2.75) is 23.3 Å². The van der Waals surface area contributed by atoms with E-state index in [4.69, 9.17) is 0 Å². The third-order valence-corrected chi connectivity index (χ3v) is 5.75. The molecule has 1 aromatic heterocycles. The van der Waals surface area contributed by atoms with Crippen molar-refractivity contribution in [1.82, 2.24) is 9.55 Å².